The lowest BCUT2D eigenvalue weighted by molar-refractivity contribution is -0.140. The van der Waals surface area contributed by atoms with E-state index in [-0.39, 0.29) is 27.7 Å². The Kier molecular flexibility index (Phi) is 3.52. The van der Waals surface area contributed by atoms with Gasteiger partial charge in [0.25, 0.3) is 0 Å². The van der Waals surface area contributed by atoms with E-state index >= 15 is 0 Å². The molecule has 19 heavy (non-hydrogen) atoms. The molecule has 1 heterocycles. The van der Waals surface area contributed by atoms with Gasteiger partial charge in [-0.05, 0) is 12.1 Å². The predicted molar refractivity (Wildman–Crippen MR) is 70.0 cm³/mol. The van der Waals surface area contributed by atoms with Gasteiger partial charge in [-0.1, -0.05) is 23.2 Å². The van der Waals surface area contributed by atoms with Crippen molar-refractivity contribution in [2.24, 2.45) is 0 Å². The SMILES string of the molecule is CC(=O)N1c2cc(Cl)cc(Cl)c2C(=O)CC1C(=O)O. The fourth-order valence-electron chi connectivity index (χ4n) is 2.15. The van der Waals surface area contributed by atoms with Crippen LogP contribution in [-0.2, 0) is 9.59 Å². The molecule has 1 amide bonds. The molecule has 0 spiro atoms. The van der Waals surface area contributed by atoms with Crippen LogP contribution in [0.15, 0.2) is 12.1 Å². The fraction of sp³-hybridized carbons (Fsp3) is 0.250. The summed E-state index contributed by atoms with van der Waals surface area (Å²) in [5.41, 5.74) is 0.285. The predicted octanol–water partition coefficient (Wildman–Crippen LogP) is 2.39. The Bertz CT molecular complexity index is 600. The fourth-order valence-corrected chi connectivity index (χ4v) is 2.74. The second-order valence-electron chi connectivity index (χ2n) is 4.15. The quantitative estimate of drug-likeness (QED) is 0.864. The second kappa shape index (κ2) is 4.83. The van der Waals surface area contributed by atoms with Gasteiger partial charge in [-0.25, -0.2) is 4.79 Å². The lowest BCUT2D eigenvalue weighted by Gasteiger charge is -2.33. The highest BCUT2D eigenvalue weighted by Crippen LogP contribution is 2.38. The van der Waals surface area contributed by atoms with E-state index in [2.05, 4.69) is 0 Å². The smallest absolute Gasteiger partial charge is 0.327 e. The van der Waals surface area contributed by atoms with Gasteiger partial charge in [-0.2, -0.15) is 0 Å². The van der Waals surface area contributed by atoms with Crippen LogP contribution in [0.2, 0.25) is 10.0 Å². The highest BCUT2D eigenvalue weighted by Gasteiger charge is 2.39. The summed E-state index contributed by atoms with van der Waals surface area (Å²) in [4.78, 5) is 35.9. The van der Waals surface area contributed by atoms with Gasteiger partial charge >= 0.3 is 5.97 Å². The van der Waals surface area contributed by atoms with E-state index in [1.807, 2.05) is 0 Å². The van der Waals surface area contributed by atoms with Gasteiger partial charge in [0.1, 0.15) is 6.04 Å². The first-order valence-corrected chi connectivity index (χ1v) is 6.13. The molecule has 1 atom stereocenters. The number of carboxylic acid groups (broad SMARTS) is 1. The number of fused-ring (bicyclic) bond motifs is 1. The van der Waals surface area contributed by atoms with E-state index in [1.54, 1.807) is 0 Å². The minimum Gasteiger partial charge on any atom is -0.480 e. The Morgan fingerprint density at radius 3 is 2.53 bits per heavy atom. The van der Waals surface area contributed by atoms with Gasteiger partial charge in [0, 0.05) is 18.4 Å². The Morgan fingerprint density at radius 1 is 1.37 bits per heavy atom. The van der Waals surface area contributed by atoms with Crippen molar-refractivity contribution in [3.05, 3.63) is 27.7 Å². The zero-order valence-corrected chi connectivity index (χ0v) is 11.3. The molecule has 0 aromatic heterocycles. The van der Waals surface area contributed by atoms with Crippen molar-refractivity contribution in [1.29, 1.82) is 0 Å². The number of rotatable bonds is 1. The monoisotopic (exact) mass is 301 g/mol. The van der Waals surface area contributed by atoms with Crippen LogP contribution in [0.1, 0.15) is 23.7 Å². The average molecular weight is 302 g/mol. The van der Waals surface area contributed by atoms with Gasteiger partial charge < -0.3 is 5.11 Å². The van der Waals surface area contributed by atoms with Gasteiger partial charge in [0.2, 0.25) is 5.91 Å². The summed E-state index contributed by atoms with van der Waals surface area (Å²) in [6.07, 6.45) is -0.302. The Labute approximate surface area is 118 Å². The molecule has 5 nitrogen and oxygen atoms in total. The van der Waals surface area contributed by atoms with Crippen LogP contribution < -0.4 is 4.90 Å². The van der Waals surface area contributed by atoms with E-state index in [1.165, 1.54) is 19.1 Å². The maximum Gasteiger partial charge on any atom is 0.327 e. The van der Waals surface area contributed by atoms with Crippen molar-refractivity contribution in [3.63, 3.8) is 0 Å². The number of halogens is 2. The van der Waals surface area contributed by atoms with E-state index in [0.29, 0.717) is 0 Å². The highest BCUT2D eigenvalue weighted by atomic mass is 35.5. The first-order chi connectivity index (χ1) is 8.82. The molecule has 2 rings (SSSR count). The standard InChI is InChI=1S/C12H9Cl2NO4/c1-5(16)15-8-3-6(13)2-7(14)11(8)10(17)4-9(15)12(18)19/h2-3,9H,4H2,1H3,(H,18,19). The summed E-state index contributed by atoms with van der Waals surface area (Å²) >= 11 is 11.8. The van der Waals surface area contributed by atoms with Crippen molar-refractivity contribution < 1.29 is 19.5 Å². The molecule has 1 unspecified atom stereocenters. The number of carbonyl (C=O) groups is 3. The van der Waals surface area contributed by atoms with E-state index in [4.69, 9.17) is 28.3 Å². The molecule has 0 saturated carbocycles. The molecule has 0 fully saturated rings. The number of hydrogen-bond donors (Lipinski definition) is 1. The second-order valence-corrected chi connectivity index (χ2v) is 5.00. The van der Waals surface area contributed by atoms with Gasteiger partial charge in [-0.15, -0.1) is 0 Å². The maximum absolute atomic E-state index is 12.0. The highest BCUT2D eigenvalue weighted by molar-refractivity contribution is 6.38. The van der Waals surface area contributed by atoms with Crippen molar-refractivity contribution in [3.8, 4) is 0 Å². The summed E-state index contributed by atoms with van der Waals surface area (Å²) in [5.74, 6) is -2.15. The Morgan fingerprint density at radius 2 is 2.00 bits per heavy atom. The molecule has 0 bridgehead atoms. The van der Waals surface area contributed by atoms with Crippen molar-refractivity contribution >= 4 is 46.5 Å². The summed E-state index contributed by atoms with van der Waals surface area (Å²) in [5, 5.41) is 9.47. The first kappa shape index (κ1) is 13.8. The number of hydrogen-bond acceptors (Lipinski definition) is 3. The molecule has 1 aliphatic rings. The normalized spacial score (nSPS) is 18.2. The molecule has 1 N–H and O–H groups in total. The largest absolute Gasteiger partial charge is 0.480 e. The number of benzene rings is 1. The molecule has 0 aliphatic carbocycles. The third kappa shape index (κ3) is 2.31. The molecule has 100 valence electrons. The summed E-state index contributed by atoms with van der Waals surface area (Å²) in [6, 6.07) is 1.53. The van der Waals surface area contributed by atoms with E-state index in [9.17, 15) is 14.4 Å². The van der Waals surface area contributed by atoms with Crippen LogP contribution in [0, 0.1) is 0 Å². The third-order valence-corrected chi connectivity index (χ3v) is 3.40. The Balaban J connectivity index is 2.70. The van der Waals surface area contributed by atoms with Crippen LogP contribution in [0.5, 0.6) is 0 Å². The van der Waals surface area contributed by atoms with Crippen LogP contribution in [0.4, 0.5) is 5.69 Å². The van der Waals surface area contributed by atoms with E-state index in [0.717, 1.165) is 4.90 Å². The minimum atomic E-state index is -1.25. The van der Waals surface area contributed by atoms with Gasteiger partial charge in [0.05, 0.1) is 16.3 Å². The number of aliphatic carboxylic acids is 1. The number of anilines is 1. The third-order valence-electron chi connectivity index (χ3n) is 2.89. The molecular formula is C12H9Cl2NO4. The van der Waals surface area contributed by atoms with Gasteiger partial charge in [0.15, 0.2) is 5.78 Å². The molecule has 1 aromatic rings. The van der Waals surface area contributed by atoms with Crippen LogP contribution >= 0.6 is 23.2 Å². The molecule has 7 heteroatoms. The molecular weight excluding hydrogens is 293 g/mol. The number of carbonyl (C=O) groups excluding carboxylic acids is 2. The summed E-state index contributed by atoms with van der Waals surface area (Å²) in [6.45, 7) is 1.23. The summed E-state index contributed by atoms with van der Waals surface area (Å²) in [7, 11) is 0. The minimum absolute atomic E-state index is 0.114. The topological polar surface area (TPSA) is 74.7 Å². The summed E-state index contributed by atoms with van der Waals surface area (Å²) < 4.78 is 0. The molecule has 0 saturated heterocycles. The number of ketones is 1. The number of amides is 1. The van der Waals surface area contributed by atoms with Crippen molar-refractivity contribution in [1.82, 2.24) is 0 Å². The number of Topliss-reactive ketones (excluding diaryl/α,β-unsaturated/α-hetero) is 1. The lowest BCUT2D eigenvalue weighted by Crippen LogP contribution is -2.49. The lowest BCUT2D eigenvalue weighted by atomic mass is 9.94. The van der Waals surface area contributed by atoms with E-state index < -0.39 is 23.7 Å². The molecule has 1 aromatic carbocycles. The zero-order valence-electron chi connectivity index (χ0n) is 9.81. The maximum atomic E-state index is 12.0. The average Bonchev–Trinajstić information content (AvgIpc) is 2.26. The van der Waals surface area contributed by atoms with Crippen LogP contribution in [0.3, 0.4) is 0 Å². The molecule has 0 radical (unpaired) electrons. The van der Waals surface area contributed by atoms with Gasteiger partial charge in [-0.3, -0.25) is 14.5 Å². The van der Waals surface area contributed by atoms with Crippen molar-refractivity contribution in [2.45, 2.75) is 19.4 Å². The molecule has 1 aliphatic heterocycles. The zero-order chi connectivity index (χ0) is 14.3. The van der Waals surface area contributed by atoms with Crippen molar-refractivity contribution in [2.75, 3.05) is 4.90 Å². The first-order valence-electron chi connectivity index (χ1n) is 5.37. The van der Waals surface area contributed by atoms with Crippen LogP contribution in [-0.4, -0.2) is 28.8 Å². The number of nitrogens with zero attached hydrogens (tertiary/aromatic N) is 1. The number of carboxylic acids is 1. The van der Waals surface area contributed by atoms with Crippen LogP contribution in [0.25, 0.3) is 0 Å². The Hall–Kier alpha value is -1.59.